The molecule has 2 aromatic rings. The zero-order chi connectivity index (χ0) is 19.9. The minimum absolute atomic E-state index is 0. The number of fused-ring (bicyclic) bond motifs is 1. The number of aliphatic hydroxyl groups is 1. The maximum Gasteiger partial charge on any atom is 2.00 e. The molecule has 1 heterocycles. The number of aromatic nitrogens is 1. The molecule has 2 fully saturated rings. The Balaban J connectivity index is 0.000000437. The van der Waals surface area contributed by atoms with E-state index in [1.54, 1.807) is 13.3 Å². The van der Waals surface area contributed by atoms with Gasteiger partial charge in [-0.2, -0.15) is 0 Å². The van der Waals surface area contributed by atoms with E-state index in [2.05, 4.69) is 16.3 Å². The summed E-state index contributed by atoms with van der Waals surface area (Å²) >= 11 is 0. The van der Waals surface area contributed by atoms with Gasteiger partial charge >= 0.3 is 17.1 Å². The molecular formula is C24H26FeN2O2+2. The first-order chi connectivity index (χ1) is 13.6. The smallest absolute Gasteiger partial charge is 0.497 e. The Morgan fingerprint density at radius 2 is 1.69 bits per heavy atom. The Hall–Kier alpha value is -1.13. The topological polar surface area (TPSA) is 45.6 Å². The van der Waals surface area contributed by atoms with E-state index < -0.39 is 6.10 Å². The molecule has 0 spiro atoms. The van der Waals surface area contributed by atoms with E-state index in [-0.39, 0.29) is 17.1 Å². The van der Waals surface area contributed by atoms with Crippen LogP contribution < -0.4 is 4.74 Å². The van der Waals surface area contributed by atoms with Crippen LogP contribution in [0.4, 0.5) is 0 Å². The zero-order valence-electron chi connectivity index (χ0n) is 16.9. The van der Waals surface area contributed by atoms with Gasteiger partial charge in [-0.15, -0.1) is 0 Å². The van der Waals surface area contributed by atoms with Crippen molar-refractivity contribution in [3.63, 3.8) is 0 Å². The van der Waals surface area contributed by atoms with E-state index in [1.807, 2.05) is 83.3 Å². The van der Waals surface area contributed by atoms with E-state index >= 15 is 0 Å². The van der Waals surface area contributed by atoms with Crippen molar-refractivity contribution in [1.82, 2.24) is 9.88 Å². The largest absolute Gasteiger partial charge is 2.00 e. The molecule has 4 rings (SSSR count). The Morgan fingerprint density at radius 3 is 2.31 bits per heavy atom. The molecule has 2 aliphatic carbocycles. The van der Waals surface area contributed by atoms with Crippen LogP contribution in [-0.2, 0) is 17.1 Å². The molecule has 4 nitrogen and oxygen atoms in total. The Kier molecular flexibility index (Phi) is 9.91. The third kappa shape index (κ3) is 6.42. The minimum atomic E-state index is -0.683. The summed E-state index contributed by atoms with van der Waals surface area (Å²) in [5, 5.41) is 11.9. The number of aliphatic hydroxyl groups excluding tert-OH is 1. The molecule has 1 atom stereocenters. The number of hydrogen-bond acceptors (Lipinski definition) is 4. The molecule has 1 aromatic carbocycles. The third-order valence-electron chi connectivity index (χ3n) is 4.56. The van der Waals surface area contributed by atoms with Crippen molar-refractivity contribution in [2.45, 2.75) is 6.10 Å². The van der Waals surface area contributed by atoms with Crippen molar-refractivity contribution in [3.05, 3.63) is 99.2 Å². The monoisotopic (exact) mass is 430 g/mol. The maximum atomic E-state index is 10.9. The maximum absolute atomic E-state index is 10.9. The van der Waals surface area contributed by atoms with Gasteiger partial charge in [-0.3, -0.25) is 4.98 Å². The molecule has 10 radical (unpaired) electrons. The minimum Gasteiger partial charge on any atom is -0.497 e. The summed E-state index contributed by atoms with van der Waals surface area (Å²) in [7, 11) is 5.69. The summed E-state index contributed by atoms with van der Waals surface area (Å²) < 4.78 is 5.31. The van der Waals surface area contributed by atoms with Gasteiger partial charge in [-0.25, -0.2) is 0 Å². The van der Waals surface area contributed by atoms with Crippen LogP contribution in [0, 0.1) is 63.2 Å². The first kappa shape index (κ1) is 24.1. The van der Waals surface area contributed by atoms with Gasteiger partial charge in [0.2, 0.25) is 0 Å². The predicted octanol–water partition coefficient (Wildman–Crippen LogP) is 3.63. The molecule has 29 heavy (non-hydrogen) atoms. The molecule has 5 heteroatoms. The number of ether oxygens (including phenoxy) is 1. The number of hydrogen-bond donors (Lipinski definition) is 1. The van der Waals surface area contributed by atoms with Gasteiger partial charge in [-0.05, 0) is 95.3 Å². The normalized spacial score (nSPS) is 18.4. The summed E-state index contributed by atoms with van der Waals surface area (Å²) in [6.07, 6.45) is 17.1. The van der Waals surface area contributed by atoms with E-state index in [0.29, 0.717) is 0 Å². The second-order valence-corrected chi connectivity index (χ2v) is 6.89. The predicted molar refractivity (Wildman–Crippen MR) is 113 cm³/mol. The molecule has 2 saturated carbocycles. The summed E-state index contributed by atoms with van der Waals surface area (Å²) in [4.78, 5) is 6.47. The Bertz CT molecular complexity index is 741. The Morgan fingerprint density at radius 1 is 1.00 bits per heavy atom. The second kappa shape index (κ2) is 11.9. The van der Waals surface area contributed by atoms with Gasteiger partial charge in [0.25, 0.3) is 0 Å². The van der Waals surface area contributed by atoms with Crippen LogP contribution >= 0.6 is 0 Å². The van der Waals surface area contributed by atoms with Crippen molar-refractivity contribution in [2.24, 2.45) is 0 Å². The summed E-state index contributed by atoms with van der Waals surface area (Å²) in [6, 6.07) is 7.59. The molecular weight excluding hydrogens is 404 g/mol. The number of nitrogens with zero attached hydrogens (tertiary/aromatic N) is 2. The van der Waals surface area contributed by atoms with Gasteiger partial charge < -0.3 is 14.7 Å². The van der Waals surface area contributed by atoms with Crippen molar-refractivity contribution in [2.75, 3.05) is 27.7 Å². The van der Waals surface area contributed by atoms with Crippen LogP contribution in [0.3, 0.4) is 0 Å². The van der Waals surface area contributed by atoms with Crippen LogP contribution in [0.25, 0.3) is 10.9 Å². The molecule has 150 valence electrons. The van der Waals surface area contributed by atoms with Crippen LogP contribution in [0.15, 0.2) is 30.5 Å². The van der Waals surface area contributed by atoms with E-state index in [9.17, 15) is 5.11 Å². The van der Waals surface area contributed by atoms with Crippen LogP contribution in [-0.4, -0.2) is 42.7 Å². The fourth-order valence-corrected chi connectivity index (χ4v) is 3.22. The average molecular weight is 430 g/mol. The van der Waals surface area contributed by atoms with Gasteiger partial charge in [-0.1, -0.05) is 0 Å². The van der Waals surface area contributed by atoms with Crippen LogP contribution in [0.5, 0.6) is 5.75 Å². The standard InChI is InChI=1S/C19H21N2O2.C5H5.Fe/c1-21(2)12-13-5-4-6-15(13)19(22)16-9-10-20-18-8-7-14(23-3)11-17(16)18;1-2-4-5-3-1;/h4-11,19,22H,12H2,1-3H3;1-5H;/q;;+2/t19-;;/m1../s1. The molecule has 0 saturated heterocycles. The average Bonchev–Trinajstić information content (AvgIpc) is 3.41. The van der Waals surface area contributed by atoms with Gasteiger partial charge in [0.15, 0.2) is 0 Å². The van der Waals surface area contributed by atoms with Crippen LogP contribution in [0.2, 0.25) is 0 Å². The van der Waals surface area contributed by atoms with E-state index in [0.717, 1.165) is 40.6 Å². The molecule has 0 aliphatic heterocycles. The summed E-state index contributed by atoms with van der Waals surface area (Å²) in [5.74, 6) is 2.83. The fraction of sp³-hybridized carbons (Fsp3) is 0.208. The number of methoxy groups -OCH3 is 1. The molecule has 0 amide bonds. The van der Waals surface area contributed by atoms with Gasteiger partial charge in [0, 0.05) is 30.0 Å². The van der Waals surface area contributed by atoms with E-state index in [1.165, 1.54) is 0 Å². The molecule has 2 aliphatic rings. The summed E-state index contributed by atoms with van der Waals surface area (Å²) in [5.41, 5.74) is 1.70. The summed E-state index contributed by atoms with van der Waals surface area (Å²) in [6.45, 7) is 0.797. The molecule has 1 N–H and O–H groups in total. The van der Waals surface area contributed by atoms with Gasteiger partial charge in [0.1, 0.15) is 5.75 Å². The van der Waals surface area contributed by atoms with Crippen molar-refractivity contribution in [1.29, 1.82) is 0 Å². The first-order valence-corrected chi connectivity index (χ1v) is 9.26. The Labute approximate surface area is 186 Å². The fourth-order valence-electron chi connectivity index (χ4n) is 3.22. The molecule has 0 unspecified atom stereocenters. The number of benzene rings is 1. The zero-order valence-corrected chi connectivity index (χ0v) is 18.0. The van der Waals surface area contributed by atoms with Crippen molar-refractivity contribution in [3.8, 4) is 5.75 Å². The second-order valence-electron chi connectivity index (χ2n) is 6.89. The quantitative estimate of drug-likeness (QED) is 0.736. The van der Waals surface area contributed by atoms with Crippen molar-refractivity contribution >= 4 is 10.9 Å². The van der Waals surface area contributed by atoms with Crippen LogP contribution in [0.1, 0.15) is 11.7 Å². The van der Waals surface area contributed by atoms with Crippen molar-refractivity contribution < 1.29 is 26.9 Å². The van der Waals surface area contributed by atoms with E-state index in [4.69, 9.17) is 4.74 Å². The third-order valence-corrected chi connectivity index (χ3v) is 4.56. The number of rotatable bonds is 5. The SMILES string of the molecule is COc1ccc2nccc([C@H](O)[C]3[CH][CH][CH][C]3CN(C)C)c2c1.[CH]1[CH][CH][CH][CH]1.[Fe+2]. The van der Waals surface area contributed by atoms with Gasteiger partial charge in [0.05, 0.1) is 18.7 Å². The first-order valence-electron chi connectivity index (χ1n) is 9.26. The molecule has 0 bridgehead atoms. The number of pyridine rings is 1. The molecule has 1 aromatic heterocycles.